The number of pyridine rings is 2. The molecule has 2 nitrogen and oxygen atoms in total. The molecule has 0 aliphatic heterocycles. The maximum Gasteiger partial charge on any atom is 0.124 e. The Balaban J connectivity index is 1.15. The predicted octanol–water partition coefficient (Wildman–Crippen LogP) is 15.2. The van der Waals surface area contributed by atoms with Gasteiger partial charge in [-0.05, 0) is 145 Å². The predicted molar refractivity (Wildman–Crippen MR) is 239 cm³/mol. The highest BCUT2D eigenvalue weighted by molar-refractivity contribution is 7.25. The van der Waals surface area contributed by atoms with E-state index >= 15 is 0 Å². The van der Waals surface area contributed by atoms with Crippen LogP contribution in [0.1, 0.15) is 0 Å². The van der Waals surface area contributed by atoms with E-state index in [-0.39, 0.29) is 0 Å². The molecule has 0 unspecified atom stereocenters. The first-order chi connectivity index (χ1) is 27.7. The van der Waals surface area contributed by atoms with Gasteiger partial charge in [0.2, 0.25) is 0 Å². The Bertz CT molecular complexity index is 3250. The van der Waals surface area contributed by atoms with Crippen LogP contribution >= 0.6 is 22.7 Å². The van der Waals surface area contributed by atoms with Crippen LogP contribution in [0.25, 0.3) is 118 Å². The monoisotopic (exact) mass is 746 g/mol. The number of benzene rings is 7. The molecule has 260 valence electrons. The number of hydrogen-bond donors (Lipinski definition) is 0. The number of hydrogen-bond acceptors (Lipinski definition) is 4. The van der Waals surface area contributed by atoms with Gasteiger partial charge in [0.25, 0.3) is 0 Å². The van der Waals surface area contributed by atoms with Crippen molar-refractivity contribution in [2.45, 2.75) is 0 Å². The van der Waals surface area contributed by atoms with E-state index in [1.54, 1.807) is 22.7 Å². The van der Waals surface area contributed by atoms with Crippen LogP contribution in [-0.4, -0.2) is 9.97 Å². The van der Waals surface area contributed by atoms with Crippen LogP contribution in [0.15, 0.2) is 182 Å². The summed E-state index contributed by atoms with van der Waals surface area (Å²) < 4.78 is 2.50. The molecule has 12 rings (SSSR count). The lowest BCUT2D eigenvalue weighted by molar-refractivity contribution is 1.45. The van der Waals surface area contributed by atoms with Gasteiger partial charge in [-0.3, -0.25) is 0 Å². The molecule has 0 saturated carbocycles. The first kappa shape index (κ1) is 31.6. The van der Waals surface area contributed by atoms with E-state index < -0.39 is 0 Å². The highest BCUT2D eigenvalue weighted by Gasteiger charge is 2.24. The summed E-state index contributed by atoms with van der Waals surface area (Å²) in [5.41, 5.74) is 17.1. The smallest absolute Gasteiger partial charge is 0.124 e. The minimum absolute atomic E-state index is 1.07. The van der Waals surface area contributed by atoms with Gasteiger partial charge in [-0.15, -0.1) is 22.7 Å². The molecule has 11 aromatic rings. The topological polar surface area (TPSA) is 25.8 Å². The van der Waals surface area contributed by atoms with E-state index in [1.165, 1.54) is 109 Å². The zero-order valence-electron chi connectivity index (χ0n) is 30.0. The van der Waals surface area contributed by atoms with Crippen molar-refractivity contribution in [1.29, 1.82) is 0 Å². The maximum absolute atomic E-state index is 4.69. The Morgan fingerprint density at radius 3 is 1.25 bits per heavy atom. The van der Waals surface area contributed by atoms with E-state index in [1.807, 2.05) is 24.5 Å². The van der Waals surface area contributed by atoms with Crippen LogP contribution in [0.5, 0.6) is 0 Å². The fraction of sp³-hybridized carbons (Fsp3) is 0. The van der Waals surface area contributed by atoms with Crippen LogP contribution in [0.3, 0.4) is 0 Å². The second-order valence-electron chi connectivity index (χ2n) is 14.5. The summed E-state index contributed by atoms with van der Waals surface area (Å²) in [4.78, 5) is 11.5. The van der Waals surface area contributed by atoms with E-state index in [0.717, 1.165) is 9.66 Å². The molecule has 1 aliphatic carbocycles. The number of thiophene rings is 2. The summed E-state index contributed by atoms with van der Waals surface area (Å²) in [5, 5.41) is 4.90. The minimum atomic E-state index is 1.07. The van der Waals surface area contributed by atoms with Crippen LogP contribution < -0.4 is 0 Å². The van der Waals surface area contributed by atoms with Crippen molar-refractivity contribution in [2.75, 3.05) is 0 Å². The van der Waals surface area contributed by atoms with Gasteiger partial charge in [-0.2, -0.15) is 0 Å². The molecule has 0 radical (unpaired) electrons. The molecule has 0 spiro atoms. The Kier molecular flexibility index (Phi) is 7.00. The van der Waals surface area contributed by atoms with Crippen LogP contribution in [0.4, 0.5) is 0 Å². The molecule has 0 bridgehead atoms. The first-order valence-electron chi connectivity index (χ1n) is 18.9. The van der Waals surface area contributed by atoms with Gasteiger partial charge in [0.05, 0.1) is 0 Å². The van der Waals surface area contributed by atoms with Gasteiger partial charge >= 0.3 is 0 Å². The largest absolute Gasteiger partial charge is 0.245 e. The van der Waals surface area contributed by atoms with Crippen LogP contribution in [-0.2, 0) is 0 Å². The van der Waals surface area contributed by atoms with E-state index in [9.17, 15) is 0 Å². The zero-order chi connectivity index (χ0) is 36.7. The van der Waals surface area contributed by atoms with Gasteiger partial charge in [-0.25, -0.2) is 9.97 Å². The third kappa shape index (κ3) is 4.86. The average molecular weight is 747 g/mol. The van der Waals surface area contributed by atoms with Gasteiger partial charge < -0.3 is 0 Å². The fourth-order valence-electron chi connectivity index (χ4n) is 8.85. The zero-order valence-corrected chi connectivity index (χ0v) is 31.7. The summed E-state index contributed by atoms with van der Waals surface area (Å²) >= 11 is 3.51. The molecule has 4 heteroatoms. The second-order valence-corrected chi connectivity index (χ2v) is 16.6. The first-order valence-corrected chi connectivity index (χ1v) is 20.5. The lowest BCUT2D eigenvalue weighted by Gasteiger charge is -2.25. The normalized spacial score (nSPS) is 11.9. The molecule has 0 N–H and O–H groups in total. The van der Waals surface area contributed by atoms with E-state index in [2.05, 4.69) is 168 Å². The third-order valence-corrected chi connectivity index (χ3v) is 13.6. The summed E-state index contributed by atoms with van der Waals surface area (Å²) in [6, 6.07) is 63.0. The Morgan fingerprint density at radius 1 is 0.286 bits per heavy atom. The van der Waals surface area contributed by atoms with Crippen molar-refractivity contribution in [2.24, 2.45) is 0 Å². The molecule has 7 aromatic carbocycles. The lowest BCUT2D eigenvalue weighted by atomic mass is 9.78. The Morgan fingerprint density at radius 2 is 0.714 bits per heavy atom. The molecule has 0 atom stereocenters. The SMILES string of the molecule is c1ccc2c(c1)-c1ccccc1-c1cccc(-c3cc(-c4ccc5sc6ncccc6c5c4)cc(-c4ccc5sc6ncccc6c5c4)c3)c1-c1ccccc1-2. The Hall–Kier alpha value is -6.72. The van der Waals surface area contributed by atoms with Crippen molar-refractivity contribution >= 4 is 63.3 Å². The van der Waals surface area contributed by atoms with E-state index in [4.69, 9.17) is 0 Å². The number of nitrogens with zero attached hydrogens (tertiary/aromatic N) is 2. The molecule has 0 amide bonds. The van der Waals surface area contributed by atoms with Crippen LogP contribution in [0.2, 0.25) is 0 Å². The minimum Gasteiger partial charge on any atom is -0.245 e. The highest BCUT2D eigenvalue weighted by Crippen LogP contribution is 2.51. The van der Waals surface area contributed by atoms with Crippen molar-refractivity contribution in [1.82, 2.24) is 9.97 Å². The molecule has 1 aliphatic rings. The van der Waals surface area contributed by atoms with Gasteiger partial charge in [-0.1, -0.05) is 103 Å². The lowest BCUT2D eigenvalue weighted by Crippen LogP contribution is -1.99. The molecule has 4 aromatic heterocycles. The molecule has 56 heavy (non-hydrogen) atoms. The molecular formula is C52H30N2S2. The Labute approximate surface area is 331 Å². The number of aromatic nitrogens is 2. The molecule has 0 fully saturated rings. The summed E-state index contributed by atoms with van der Waals surface area (Å²) in [6.07, 6.45) is 3.77. The average Bonchev–Trinajstić information content (AvgIpc) is 3.83. The van der Waals surface area contributed by atoms with Gasteiger partial charge in [0.15, 0.2) is 0 Å². The van der Waals surface area contributed by atoms with Crippen molar-refractivity contribution < 1.29 is 0 Å². The van der Waals surface area contributed by atoms with Gasteiger partial charge in [0.1, 0.15) is 9.66 Å². The fourth-order valence-corrected chi connectivity index (χ4v) is 10.9. The third-order valence-electron chi connectivity index (χ3n) is 11.4. The van der Waals surface area contributed by atoms with Crippen molar-refractivity contribution in [3.63, 3.8) is 0 Å². The quantitative estimate of drug-likeness (QED) is 0.180. The summed E-state index contributed by atoms with van der Waals surface area (Å²) in [7, 11) is 0. The van der Waals surface area contributed by atoms with Crippen molar-refractivity contribution in [3.8, 4) is 77.9 Å². The van der Waals surface area contributed by atoms with E-state index in [0.29, 0.717) is 0 Å². The maximum atomic E-state index is 4.69. The number of fused-ring (bicyclic) bond motifs is 14. The molecular weight excluding hydrogens is 717 g/mol. The van der Waals surface area contributed by atoms with Crippen molar-refractivity contribution in [3.05, 3.63) is 182 Å². The summed E-state index contributed by atoms with van der Waals surface area (Å²) in [6.45, 7) is 0. The second kappa shape index (κ2) is 12.4. The standard InChI is InChI=1S/C52H30N2S2/c1-2-11-38-37(10-1)39-12-3-4-13-41(39)43-17-7-16-36(50(43)42-15-6-5-14-40(38)42)35-27-33(31-20-22-48-46(29-31)44-18-8-24-53-51(44)55-48)26-34(28-35)32-21-23-49-47(30-32)45-19-9-25-54-52(45)56-49/h1-30H. The molecule has 4 heterocycles. The molecule has 0 saturated heterocycles. The summed E-state index contributed by atoms with van der Waals surface area (Å²) in [5.74, 6) is 0. The highest BCUT2D eigenvalue weighted by atomic mass is 32.1. The number of rotatable bonds is 3. The van der Waals surface area contributed by atoms with Crippen LogP contribution in [0, 0.1) is 0 Å². The van der Waals surface area contributed by atoms with Gasteiger partial charge in [0, 0.05) is 43.3 Å².